The number of hydrogen-bond acceptors (Lipinski definition) is 4. The van der Waals surface area contributed by atoms with Crippen LogP contribution in [0.1, 0.15) is 10.4 Å². The molecule has 0 fully saturated rings. The molecule has 6 nitrogen and oxygen atoms in total. The lowest BCUT2D eigenvalue weighted by Gasteiger charge is -2.08. The van der Waals surface area contributed by atoms with Gasteiger partial charge in [-0.15, -0.1) is 6.58 Å². The van der Waals surface area contributed by atoms with E-state index in [0.29, 0.717) is 32.6 Å². The van der Waals surface area contributed by atoms with E-state index in [2.05, 4.69) is 16.3 Å². The predicted molar refractivity (Wildman–Crippen MR) is 134 cm³/mol. The molecule has 0 bridgehead atoms. The number of aromatic nitrogens is 1. The lowest BCUT2D eigenvalue weighted by atomic mass is 10.2. The summed E-state index contributed by atoms with van der Waals surface area (Å²) < 4.78 is 30.3. The van der Waals surface area contributed by atoms with Gasteiger partial charge in [0.1, 0.15) is 0 Å². The van der Waals surface area contributed by atoms with Crippen molar-refractivity contribution in [3.8, 4) is 0 Å². The monoisotopic (exact) mass is 517 g/mol. The van der Waals surface area contributed by atoms with Gasteiger partial charge in [0.15, 0.2) is 4.80 Å². The molecule has 0 spiro atoms. The zero-order valence-electron chi connectivity index (χ0n) is 17.0. The van der Waals surface area contributed by atoms with E-state index in [1.165, 1.54) is 59.9 Å². The van der Waals surface area contributed by atoms with Crippen molar-refractivity contribution in [1.29, 1.82) is 0 Å². The van der Waals surface area contributed by atoms with Gasteiger partial charge in [-0.25, -0.2) is 8.42 Å². The smallest absolute Gasteiger partial charge is 0.279 e. The van der Waals surface area contributed by atoms with Gasteiger partial charge < -0.3 is 4.57 Å². The molecule has 0 atom stereocenters. The molecule has 0 saturated carbocycles. The van der Waals surface area contributed by atoms with Crippen molar-refractivity contribution in [2.24, 2.45) is 4.99 Å². The summed E-state index contributed by atoms with van der Waals surface area (Å²) >= 11 is 13.3. The van der Waals surface area contributed by atoms with Crippen LogP contribution in [-0.2, 0) is 16.6 Å². The molecular weight excluding hydrogens is 501 g/mol. The molecule has 4 rings (SSSR count). The fourth-order valence-corrected chi connectivity index (χ4v) is 5.60. The number of sulfonamides is 1. The molecule has 3 aromatic carbocycles. The molecule has 0 aliphatic heterocycles. The molecule has 1 heterocycles. The van der Waals surface area contributed by atoms with Crippen LogP contribution in [0.4, 0.5) is 5.69 Å². The van der Waals surface area contributed by atoms with Crippen LogP contribution in [-0.4, -0.2) is 18.9 Å². The van der Waals surface area contributed by atoms with Gasteiger partial charge in [0.25, 0.3) is 15.9 Å². The van der Waals surface area contributed by atoms with E-state index in [1.54, 1.807) is 12.1 Å². The van der Waals surface area contributed by atoms with Gasteiger partial charge in [-0.3, -0.25) is 9.52 Å². The second-order valence-corrected chi connectivity index (χ2v) is 10.5. The van der Waals surface area contributed by atoms with E-state index in [0.717, 1.165) is 10.2 Å². The van der Waals surface area contributed by atoms with Crippen molar-refractivity contribution in [3.63, 3.8) is 0 Å². The van der Waals surface area contributed by atoms with Crippen molar-refractivity contribution in [2.75, 3.05) is 4.72 Å². The minimum atomic E-state index is -3.78. The number of thiazole rings is 1. The van der Waals surface area contributed by atoms with Crippen LogP contribution in [0.5, 0.6) is 0 Å². The van der Waals surface area contributed by atoms with Crippen LogP contribution in [0.25, 0.3) is 10.2 Å². The molecule has 0 aliphatic carbocycles. The van der Waals surface area contributed by atoms with Crippen molar-refractivity contribution in [3.05, 3.63) is 99.8 Å². The molecule has 0 unspecified atom stereocenters. The highest BCUT2D eigenvalue weighted by atomic mass is 35.5. The topological polar surface area (TPSA) is 80.5 Å². The number of allylic oxidation sites excluding steroid dienone is 1. The van der Waals surface area contributed by atoms with Crippen molar-refractivity contribution < 1.29 is 13.2 Å². The number of nitrogens with zero attached hydrogens (tertiary/aromatic N) is 2. The van der Waals surface area contributed by atoms with Gasteiger partial charge >= 0.3 is 0 Å². The number of anilines is 1. The molecular formula is C23H17Cl2N3O3S2. The maximum absolute atomic E-state index is 12.8. The molecule has 1 amide bonds. The highest BCUT2D eigenvalue weighted by molar-refractivity contribution is 7.92. The zero-order valence-corrected chi connectivity index (χ0v) is 20.2. The lowest BCUT2D eigenvalue weighted by molar-refractivity contribution is 0.0998. The van der Waals surface area contributed by atoms with Gasteiger partial charge in [0, 0.05) is 27.8 Å². The molecule has 1 aromatic heterocycles. The fourth-order valence-electron chi connectivity index (χ4n) is 3.10. The maximum Gasteiger partial charge on any atom is 0.279 e. The average Bonchev–Trinajstić information content (AvgIpc) is 3.10. The van der Waals surface area contributed by atoms with E-state index >= 15 is 0 Å². The molecule has 0 saturated heterocycles. The van der Waals surface area contributed by atoms with Crippen molar-refractivity contribution >= 4 is 66.4 Å². The first-order valence-electron chi connectivity index (χ1n) is 9.64. The van der Waals surface area contributed by atoms with E-state index in [-0.39, 0.29) is 4.90 Å². The molecule has 1 N–H and O–H groups in total. The number of carbonyl (C=O) groups is 1. The minimum Gasteiger partial charge on any atom is -0.312 e. The Kier molecular flexibility index (Phi) is 6.71. The highest BCUT2D eigenvalue weighted by Gasteiger charge is 2.15. The van der Waals surface area contributed by atoms with E-state index in [9.17, 15) is 13.2 Å². The summed E-state index contributed by atoms with van der Waals surface area (Å²) in [6.45, 7) is 4.26. The third-order valence-electron chi connectivity index (χ3n) is 4.66. The van der Waals surface area contributed by atoms with Crippen LogP contribution in [0.2, 0.25) is 10.0 Å². The van der Waals surface area contributed by atoms with E-state index in [1.807, 2.05) is 16.7 Å². The van der Waals surface area contributed by atoms with E-state index < -0.39 is 15.9 Å². The Balaban J connectivity index is 1.60. The first-order valence-corrected chi connectivity index (χ1v) is 12.7. The van der Waals surface area contributed by atoms with Gasteiger partial charge in [-0.05, 0) is 66.7 Å². The van der Waals surface area contributed by atoms with Crippen LogP contribution in [0, 0.1) is 0 Å². The summed E-state index contributed by atoms with van der Waals surface area (Å²) in [6.07, 6.45) is 1.73. The van der Waals surface area contributed by atoms with Crippen LogP contribution in [0.15, 0.2) is 89.3 Å². The maximum atomic E-state index is 12.8. The Morgan fingerprint density at radius 1 is 1.03 bits per heavy atom. The second kappa shape index (κ2) is 9.52. The number of amides is 1. The average molecular weight is 518 g/mol. The number of nitrogens with one attached hydrogen (secondary N) is 1. The van der Waals surface area contributed by atoms with Crippen LogP contribution in [0.3, 0.4) is 0 Å². The summed E-state index contributed by atoms with van der Waals surface area (Å²) in [4.78, 5) is 17.7. The van der Waals surface area contributed by atoms with E-state index in [4.69, 9.17) is 23.2 Å². The first-order chi connectivity index (χ1) is 15.8. The minimum absolute atomic E-state index is 0.0821. The molecule has 10 heteroatoms. The number of hydrogen-bond donors (Lipinski definition) is 1. The lowest BCUT2D eigenvalue weighted by Crippen LogP contribution is -2.16. The largest absolute Gasteiger partial charge is 0.312 e. The first kappa shape index (κ1) is 23.3. The van der Waals surface area contributed by atoms with Gasteiger partial charge in [0.2, 0.25) is 0 Å². The molecule has 0 aliphatic rings. The second-order valence-electron chi connectivity index (χ2n) is 6.95. The normalized spacial score (nSPS) is 12.1. The number of carbonyl (C=O) groups excluding carboxylic acids is 1. The summed E-state index contributed by atoms with van der Waals surface area (Å²) in [5, 5.41) is 1.04. The third kappa shape index (κ3) is 5.20. The SMILES string of the molecule is C=CCn1c(=NC(=O)c2ccc(NS(=O)(=O)c3ccc(Cl)cc3)cc2)sc2cc(Cl)ccc21. The Bertz CT molecular complexity index is 1520. The Morgan fingerprint density at radius 3 is 2.36 bits per heavy atom. The summed E-state index contributed by atoms with van der Waals surface area (Å²) in [5.41, 5.74) is 1.55. The third-order valence-corrected chi connectivity index (χ3v) is 7.59. The quantitative estimate of drug-likeness (QED) is 0.331. The van der Waals surface area contributed by atoms with Crippen LogP contribution >= 0.6 is 34.5 Å². The molecule has 33 heavy (non-hydrogen) atoms. The number of halogens is 2. The molecule has 168 valence electrons. The summed E-state index contributed by atoms with van der Waals surface area (Å²) in [6, 6.07) is 17.4. The van der Waals surface area contributed by atoms with Gasteiger partial charge in [0.05, 0.1) is 15.1 Å². The number of rotatable bonds is 6. The summed E-state index contributed by atoms with van der Waals surface area (Å²) in [7, 11) is -3.78. The van der Waals surface area contributed by atoms with Crippen LogP contribution < -0.4 is 9.52 Å². The van der Waals surface area contributed by atoms with Gasteiger partial charge in [-0.1, -0.05) is 40.6 Å². The molecule has 4 aromatic rings. The fraction of sp³-hybridized carbons (Fsp3) is 0.0435. The van der Waals surface area contributed by atoms with Gasteiger partial charge in [-0.2, -0.15) is 4.99 Å². The molecule has 0 radical (unpaired) electrons. The highest BCUT2D eigenvalue weighted by Crippen LogP contribution is 2.22. The van der Waals surface area contributed by atoms with Crippen molar-refractivity contribution in [2.45, 2.75) is 11.4 Å². The number of benzene rings is 3. The predicted octanol–water partition coefficient (Wildman–Crippen LogP) is 5.74. The van der Waals surface area contributed by atoms with Crippen molar-refractivity contribution in [1.82, 2.24) is 4.57 Å². The Morgan fingerprint density at radius 2 is 1.70 bits per heavy atom. The Hall–Kier alpha value is -2.91. The number of fused-ring (bicyclic) bond motifs is 1. The summed E-state index contributed by atoms with van der Waals surface area (Å²) in [5.74, 6) is -0.447. The zero-order chi connectivity index (χ0) is 23.6. The standard InChI is InChI=1S/C23H17Cl2N3O3S2/c1-2-13-28-20-12-7-17(25)14-21(20)32-23(28)26-22(29)15-3-8-18(9-4-15)27-33(30,31)19-10-5-16(24)6-11-19/h2-12,14,27H,1,13H2. The Labute approximate surface area is 204 Å².